The third-order valence-electron chi connectivity index (χ3n) is 2.83. The van der Waals surface area contributed by atoms with Crippen LogP contribution in [0.5, 0.6) is 0 Å². The van der Waals surface area contributed by atoms with Gasteiger partial charge in [-0.3, -0.25) is 4.79 Å². The Labute approximate surface area is 106 Å². The zero-order valence-corrected chi connectivity index (χ0v) is 10.7. The van der Waals surface area contributed by atoms with Gasteiger partial charge in [-0.15, -0.1) is 17.9 Å². The van der Waals surface area contributed by atoms with E-state index in [4.69, 9.17) is 0 Å². The number of carbonyl (C=O) groups excluding carboxylic acids is 1. The maximum absolute atomic E-state index is 11.5. The third kappa shape index (κ3) is 3.41. The van der Waals surface area contributed by atoms with Crippen LogP contribution in [0.1, 0.15) is 21.7 Å². The van der Waals surface area contributed by atoms with Gasteiger partial charge in [-0.25, -0.2) is 0 Å². The summed E-state index contributed by atoms with van der Waals surface area (Å²) < 4.78 is 0. The lowest BCUT2D eigenvalue weighted by Crippen LogP contribution is -2.33. The van der Waals surface area contributed by atoms with Crippen molar-refractivity contribution in [2.24, 2.45) is 0 Å². The number of hydrogen-bond acceptors (Lipinski definition) is 3. The molecule has 3 nitrogen and oxygen atoms in total. The van der Waals surface area contributed by atoms with Crippen LogP contribution < -0.4 is 10.6 Å². The third-order valence-corrected chi connectivity index (χ3v) is 4.07. The highest BCUT2D eigenvalue weighted by Gasteiger charge is 2.14. The average molecular weight is 250 g/mol. The van der Waals surface area contributed by atoms with Crippen molar-refractivity contribution in [2.45, 2.75) is 25.8 Å². The predicted octanol–water partition coefficient (Wildman–Crippen LogP) is 1.63. The van der Waals surface area contributed by atoms with E-state index in [1.807, 2.05) is 11.3 Å². The van der Waals surface area contributed by atoms with Crippen molar-refractivity contribution < 1.29 is 4.79 Å². The molecule has 1 aromatic rings. The Bertz CT molecular complexity index is 390. The van der Waals surface area contributed by atoms with Crippen molar-refractivity contribution >= 4 is 17.2 Å². The van der Waals surface area contributed by atoms with Crippen LogP contribution in [0.2, 0.25) is 0 Å². The molecule has 0 atom stereocenters. The lowest BCUT2D eigenvalue weighted by atomic mass is 10.2. The minimum absolute atomic E-state index is 0.0420. The highest BCUT2D eigenvalue weighted by atomic mass is 32.1. The van der Waals surface area contributed by atoms with Gasteiger partial charge in [-0.1, -0.05) is 6.08 Å². The molecule has 92 valence electrons. The van der Waals surface area contributed by atoms with E-state index < -0.39 is 0 Å². The summed E-state index contributed by atoms with van der Waals surface area (Å²) in [6.07, 6.45) is 5.46. The van der Waals surface area contributed by atoms with Gasteiger partial charge in [0, 0.05) is 16.3 Å². The van der Waals surface area contributed by atoms with E-state index >= 15 is 0 Å². The molecule has 0 bridgehead atoms. The first-order valence-corrected chi connectivity index (χ1v) is 6.80. The van der Waals surface area contributed by atoms with E-state index in [9.17, 15) is 4.79 Å². The van der Waals surface area contributed by atoms with Gasteiger partial charge in [0.1, 0.15) is 0 Å². The van der Waals surface area contributed by atoms with Gasteiger partial charge in [-0.2, -0.15) is 0 Å². The Morgan fingerprint density at radius 3 is 3.18 bits per heavy atom. The Hall–Kier alpha value is -1.13. The van der Waals surface area contributed by atoms with Crippen LogP contribution in [0.15, 0.2) is 18.7 Å². The number of carbonyl (C=O) groups is 1. The zero-order valence-electron chi connectivity index (χ0n) is 9.92. The van der Waals surface area contributed by atoms with Gasteiger partial charge in [0.15, 0.2) is 0 Å². The van der Waals surface area contributed by atoms with Crippen LogP contribution in [0, 0.1) is 0 Å². The summed E-state index contributed by atoms with van der Waals surface area (Å²) in [6, 6.07) is 2.24. The van der Waals surface area contributed by atoms with Crippen LogP contribution in [0.25, 0.3) is 0 Å². The van der Waals surface area contributed by atoms with E-state index in [-0.39, 0.29) is 5.91 Å². The van der Waals surface area contributed by atoms with E-state index in [1.54, 1.807) is 6.08 Å². The first kappa shape index (κ1) is 12.3. The van der Waals surface area contributed by atoms with E-state index in [1.165, 1.54) is 34.6 Å². The normalized spacial score (nSPS) is 13.4. The quantitative estimate of drug-likeness (QED) is 0.595. The lowest BCUT2D eigenvalue weighted by molar-refractivity contribution is -0.120. The lowest BCUT2D eigenvalue weighted by Gasteiger charge is -2.03. The number of aryl methyl sites for hydroxylation is 2. The smallest absolute Gasteiger partial charge is 0.234 e. The molecule has 1 amide bonds. The first-order chi connectivity index (χ1) is 8.29. The summed E-state index contributed by atoms with van der Waals surface area (Å²) in [4.78, 5) is 14.2. The van der Waals surface area contributed by atoms with Crippen LogP contribution in [0.4, 0.5) is 0 Å². The minimum Gasteiger partial charge on any atom is -0.350 e. The van der Waals surface area contributed by atoms with E-state index in [0.29, 0.717) is 19.6 Å². The molecular formula is C13H18N2OS. The largest absolute Gasteiger partial charge is 0.350 e. The van der Waals surface area contributed by atoms with Gasteiger partial charge >= 0.3 is 0 Å². The summed E-state index contributed by atoms with van der Waals surface area (Å²) >= 11 is 1.84. The molecule has 17 heavy (non-hydrogen) atoms. The second-order valence-corrected chi connectivity index (χ2v) is 5.43. The fourth-order valence-electron chi connectivity index (χ4n) is 2.01. The molecule has 2 rings (SSSR count). The number of nitrogens with one attached hydrogen (secondary N) is 2. The van der Waals surface area contributed by atoms with Gasteiger partial charge in [0.05, 0.1) is 13.1 Å². The molecule has 0 unspecified atom stereocenters. The van der Waals surface area contributed by atoms with Crippen LogP contribution in [-0.4, -0.2) is 19.0 Å². The molecule has 0 saturated heterocycles. The Morgan fingerprint density at radius 2 is 2.41 bits per heavy atom. The number of rotatable bonds is 6. The summed E-state index contributed by atoms with van der Waals surface area (Å²) in [5.74, 6) is 0.0420. The maximum atomic E-state index is 11.5. The SMILES string of the molecule is C=CCNCC(=O)NCc1cc2c(s1)CCC2. The van der Waals surface area contributed by atoms with Gasteiger partial charge in [0.25, 0.3) is 0 Å². The first-order valence-electron chi connectivity index (χ1n) is 5.98. The fraction of sp³-hybridized carbons (Fsp3) is 0.462. The van der Waals surface area contributed by atoms with Gasteiger partial charge < -0.3 is 10.6 Å². The van der Waals surface area contributed by atoms with Crippen LogP contribution in [0.3, 0.4) is 0 Å². The molecule has 0 saturated carbocycles. The molecule has 0 spiro atoms. The summed E-state index contributed by atoms with van der Waals surface area (Å²) in [7, 11) is 0. The van der Waals surface area contributed by atoms with Crippen molar-refractivity contribution in [3.05, 3.63) is 34.0 Å². The molecular weight excluding hydrogens is 232 g/mol. The van der Waals surface area contributed by atoms with Crippen LogP contribution >= 0.6 is 11.3 Å². The van der Waals surface area contributed by atoms with Crippen molar-refractivity contribution in [1.29, 1.82) is 0 Å². The highest BCUT2D eigenvalue weighted by Crippen LogP contribution is 2.30. The molecule has 1 aromatic heterocycles. The average Bonchev–Trinajstić information content (AvgIpc) is 2.86. The Kier molecular flexibility index (Phi) is 4.34. The Morgan fingerprint density at radius 1 is 1.53 bits per heavy atom. The number of amides is 1. The van der Waals surface area contributed by atoms with Gasteiger partial charge in [-0.05, 0) is 30.9 Å². The Balaban J connectivity index is 1.73. The van der Waals surface area contributed by atoms with E-state index in [0.717, 1.165) is 0 Å². The van der Waals surface area contributed by atoms with Crippen molar-refractivity contribution in [3.63, 3.8) is 0 Å². The molecule has 4 heteroatoms. The molecule has 0 aromatic carbocycles. The highest BCUT2D eigenvalue weighted by molar-refractivity contribution is 7.12. The molecule has 1 aliphatic rings. The summed E-state index contributed by atoms with van der Waals surface area (Å²) in [5.41, 5.74) is 1.49. The number of thiophene rings is 1. The molecule has 2 N–H and O–H groups in total. The molecule has 0 aliphatic heterocycles. The molecule has 0 radical (unpaired) electrons. The zero-order chi connectivity index (χ0) is 12.1. The summed E-state index contributed by atoms with van der Waals surface area (Å²) in [5, 5.41) is 5.90. The second-order valence-electron chi connectivity index (χ2n) is 4.21. The predicted molar refractivity (Wildman–Crippen MR) is 71.3 cm³/mol. The van der Waals surface area contributed by atoms with E-state index in [2.05, 4.69) is 23.3 Å². The topological polar surface area (TPSA) is 41.1 Å². The molecule has 1 aliphatic carbocycles. The fourth-order valence-corrected chi connectivity index (χ4v) is 3.21. The maximum Gasteiger partial charge on any atom is 0.234 e. The number of fused-ring (bicyclic) bond motifs is 1. The van der Waals surface area contributed by atoms with Crippen molar-refractivity contribution in [2.75, 3.05) is 13.1 Å². The van der Waals surface area contributed by atoms with Crippen LogP contribution in [-0.2, 0) is 24.2 Å². The second kappa shape index (κ2) is 5.98. The number of hydrogen-bond donors (Lipinski definition) is 2. The van der Waals surface area contributed by atoms with Crippen molar-refractivity contribution in [1.82, 2.24) is 10.6 Å². The standard InChI is InChI=1S/C13H18N2OS/c1-2-6-14-9-13(16)15-8-11-7-10-4-3-5-12(10)17-11/h2,7,14H,1,3-6,8-9H2,(H,15,16). The van der Waals surface area contributed by atoms with Crippen molar-refractivity contribution in [3.8, 4) is 0 Å². The monoisotopic (exact) mass is 250 g/mol. The molecule has 0 fully saturated rings. The molecule has 1 heterocycles. The minimum atomic E-state index is 0.0420. The van der Waals surface area contributed by atoms with Gasteiger partial charge in [0.2, 0.25) is 5.91 Å². The summed E-state index contributed by atoms with van der Waals surface area (Å²) in [6.45, 7) is 5.27.